The van der Waals surface area contributed by atoms with Gasteiger partial charge in [-0.15, -0.1) is 0 Å². The number of hydrogen-bond acceptors (Lipinski definition) is 3. The summed E-state index contributed by atoms with van der Waals surface area (Å²) in [6.07, 6.45) is 1.41. The Balaban J connectivity index is 2.58. The molecule has 0 N–H and O–H groups in total. The van der Waals surface area contributed by atoms with E-state index in [1.807, 2.05) is 0 Å². The number of nitrogens with zero attached hydrogens (tertiary/aromatic N) is 3. The molecule has 0 unspecified atom stereocenters. The van der Waals surface area contributed by atoms with Crippen molar-refractivity contribution in [2.75, 3.05) is 6.67 Å². The Kier molecular flexibility index (Phi) is 1.70. The molecule has 0 atom stereocenters. The van der Waals surface area contributed by atoms with Gasteiger partial charge in [-0.25, -0.2) is 9.98 Å². The van der Waals surface area contributed by atoms with Crippen molar-refractivity contribution in [1.82, 2.24) is 4.42 Å². The first-order valence-electron chi connectivity index (χ1n) is 1.95. The maximum Gasteiger partial charge on any atom is 0.220 e. The first-order chi connectivity index (χ1) is 3.79. The minimum absolute atomic E-state index is 0.252. The molecule has 0 saturated carbocycles. The molecule has 0 saturated heterocycles. The molecule has 3 nitrogen and oxygen atoms in total. The molecule has 0 aliphatic carbocycles. The highest BCUT2D eigenvalue weighted by Gasteiger charge is 1.99. The Labute approximate surface area is 56.7 Å². The Morgan fingerprint density at radius 1 is 1.75 bits per heavy atom. The van der Waals surface area contributed by atoms with Crippen LogP contribution in [0.4, 0.5) is 0 Å². The van der Waals surface area contributed by atoms with Crippen molar-refractivity contribution in [2.24, 2.45) is 9.98 Å². The Bertz CT molecular complexity index is 141. The molecule has 8 heavy (non-hydrogen) atoms. The highest BCUT2D eigenvalue weighted by Crippen LogP contribution is 1.99. The minimum atomic E-state index is 0.252. The summed E-state index contributed by atoms with van der Waals surface area (Å²) in [4.78, 5) is 7.28. The summed E-state index contributed by atoms with van der Waals surface area (Å²) >= 11 is 10.7. The zero-order chi connectivity index (χ0) is 5.98. The molecule has 0 amide bonds. The van der Waals surface area contributed by atoms with Crippen molar-refractivity contribution in [1.29, 1.82) is 0 Å². The molecule has 0 aromatic carbocycles. The molecule has 1 rings (SSSR count). The van der Waals surface area contributed by atoms with Crippen LogP contribution in [0.2, 0.25) is 0 Å². The average Bonchev–Trinajstić information content (AvgIpc) is 1.77. The molecular formula is C3H3Cl2N3. The number of rotatable bonds is 0. The Morgan fingerprint density at radius 3 is 2.88 bits per heavy atom. The molecule has 0 radical (unpaired) electrons. The third-order valence-corrected chi connectivity index (χ3v) is 1.04. The van der Waals surface area contributed by atoms with Crippen molar-refractivity contribution in [3.63, 3.8) is 0 Å². The summed E-state index contributed by atoms with van der Waals surface area (Å²) in [5.74, 6) is 0. The van der Waals surface area contributed by atoms with E-state index in [4.69, 9.17) is 23.4 Å². The van der Waals surface area contributed by atoms with Crippen LogP contribution in [0.3, 0.4) is 0 Å². The lowest BCUT2D eigenvalue weighted by molar-refractivity contribution is 0.685. The number of hydrogen-bond donors (Lipinski definition) is 0. The molecule has 5 heteroatoms. The molecule has 1 aliphatic rings. The maximum atomic E-state index is 5.40. The summed E-state index contributed by atoms with van der Waals surface area (Å²) in [7, 11) is 0. The summed E-state index contributed by atoms with van der Waals surface area (Å²) in [5, 5.41) is 0.252. The average molecular weight is 152 g/mol. The van der Waals surface area contributed by atoms with Gasteiger partial charge in [0, 0.05) is 11.8 Å². The van der Waals surface area contributed by atoms with Crippen molar-refractivity contribution >= 4 is 35.0 Å². The summed E-state index contributed by atoms with van der Waals surface area (Å²) < 4.78 is 1.31. The first-order valence-corrected chi connectivity index (χ1v) is 2.67. The zero-order valence-corrected chi connectivity index (χ0v) is 5.39. The normalized spacial score (nSPS) is 18.8. The van der Waals surface area contributed by atoms with Crippen molar-refractivity contribution in [3.8, 4) is 0 Å². The zero-order valence-electron chi connectivity index (χ0n) is 3.88. The van der Waals surface area contributed by atoms with Gasteiger partial charge in [-0.05, 0) is 11.6 Å². The predicted octanol–water partition coefficient (Wildman–Crippen LogP) is 1.04. The molecule has 1 aliphatic heterocycles. The quantitative estimate of drug-likeness (QED) is 0.376. The van der Waals surface area contributed by atoms with Gasteiger partial charge in [-0.2, -0.15) is 0 Å². The van der Waals surface area contributed by atoms with Crippen molar-refractivity contribution < 1.29 is 0 Å². The summed E-state index contributed by atoms with van der Waals surface area (Å²) in [6, 6.07) is 0. The standard InChI is InChI=1S/C3H3Cl2N3/c4-3-6-1-8(5)2-7-3/h1H,2H2. The third kappa shape index (κ3) is 1.35. The topological polar surface area (TPSA) is 28.0 Å². The molecule has 0 spiro atoms. The van der Waals surface area contributed by atoms with Gasteiger partial charge in [0.2, 0.25) is 5.29 Å². The van der Waals surface area contributed by atoms with E-state index in [2.05, 4.69) is 9.98 Å². The van der Waals surface area contributed by atoms with Gasteiger partial charge in [-0.3, -0.25) is 4.42 Å². The van der Waals surface area contributed by atoms with Crippen LogP contribution < -0.4 is 0 Å². The van der Waals surface area contributed by atoms with Gasteiger partial charge in [-0.1, -0.05) is 0 Å². The minimum Gasteiger partial charge on any atom is -0.254 e. The van der Waals surface area contributed by atoms with E-state index in [1.54, 1.807) is 0 Å². The van der Waals surface area contributed by atoms with Gasteiger partial charge in [0.05, 0.1) is 0 Å². The van der Waals surface area contributed by atoms with Gasteiger partial charge in [0.15, 0.2) is 0 Å². The van der Waals surface area contributed by atoms with Gasteiger partial charge < -0.3 is 0 Å². The second-order valence-electron chi connectivity index (χ2n) is 1.21. The summed E-state index contributed by atoms with van der Waals surface area (Å²) in [5.41, 5.74) is 0. The number of halogens is 2. The van der Waals surface area contributed by atoms with E-state index in [0.29, 0.717) is 6.67 Å². The van der Waals surface area contributed by atoms with E-state index in [1.165, 1.54) is 10.8 Å². The monoisotopic (exact) mass is 151 g/mol. The van der Waals surface area contributed by atoms with Crippen LogP contribution in [0.25, 0.3) is 0 Å². The fourth-order valence-electron chi connectivity index (χ4n) is 0.314. The van der Waals surface area contributed by atoms with Crippen LogP contribution in [0.15, 0.2) is 9.98 Å². The second kappa shape index (κ2) is 2.33. The lowest BCUT2D eigenvalue weighted by atomic mass is 10.9. The number of aliphatic imine (C=N–C) groups is 2. The van der Waals surface area contributed by atoms with E-state index in [0.717, 1.165) is 0 Å². The third-order valence-electron chi connectivity index (χ3n) is 0.626. The van der Waals surface area contributed by atoms with Crippen LogP contribution in [-0.2, 0) is 0 Å². The van der Waals surface area contributed by atoms with E-state index < -0.39 is 0 Å². The highest BCUT2D eigenvalue weighted by atomic mass is 35.5. The number of amidine groups is 1. The maximum absolute atomic E-state index is 5.40. The fraction of sp³-hybridized carbons (Fsp3) is 0.333. The van der Waals surface area contributed by atoms with E-state index >= 15 is 0 Å². The van der Waals surface area contributed by atoms with Crippen LogP contribution in [0.5, 0.6) is 0 Å². The molecule has 44 valence electrons. The Morgan fingerprint density at radius 2 is 2.50 bits per heavy atom. The lowest BCUT2D eigenvalue weighted by Crippen LogP contribution is -2.14. The molecule has 1 heterocycles. The predicted molar refractivity (Wildman–Crippen MR) is 34.3 cm³/mol. The fourth-order valence-corrected chi connectivity index (χ4v) is 0.508. The van der Waals surface area contributed by atoms with Crippen LogP contribution in [0, 0.1) is 0 Å². The van der Waals surface area contributed by atoms with Gasteiger partial charge in [0.25, 0.3) is 0 Å². The molecule has 0 fully saturated rings. The molecule has 0 aromatic heterocycles. The summed E-state index contributed by atoms with van der Waals surface area (Å²) in [6.45, 7) is 0.379. The van der Waals surface area contributed by atoms with Crippen molar-refractivity contribution in [2.45, 2.75) is 0 Å². The SMILES string of the molecule is ClC1=NCN(Cl)C=N1. The van der Waals surface area contributed by atoms with Crippen LogP contribution >= 0.6 is 23.4 Å². The largest absolute Gasteiger partial charge is 0.254 e. The van der Waals surface area contributed by atoms with Crippen molar-refractivity contribution in [3.05, 3.63) is 0 Å². The van der Waals surface area contributed by atoms with Gasteiger partial charge in [0.1, 0.15) is 13.0 Å². The molecule has 0 bridgehead atoms. The van der Waals surface area contributed by atoms with Crippen LogP contribution in [0.1, 0.15) is 0 Å². The Hall–Kier alpha value is -0.280. The van der Waals surface area contributed by atoms with E-state index in [-0.39, 0.29) is 5.29 Å². The second-order valence-corrected chi connectivity index (χ2v) is 1.99. The van der Waals surface area contributed by atoms with Crippen LogP contribution in [-0.4, -0.2) is 22.7 Å². The first kappa shape index (κ1) is 5.85. The van der Waals surface area contributed by atoms with Gasteiger partial charge >= 0.3 is 0 Å². The lowest BCUT2D eigenvalue weighted by Gasteiger charge is -2.07. The smallest absolute Gasteiger partial charge is 0.220 e. The highest BCUT2D eigenvalue weighted by molar-refractivity contribution is 6.65. The molecular weight excluding hydrogens is 149 g/mol. The molecule has 0 aromatic rings. The van der Waals surface area contributed by atoms with E-state index in [9.17, 15) is 0 Å².